The molecule has 0 saturated carbocycles. The molecule has 2 aliphatic heterocycles. The molecule has 126 valence electrons. The van der Waals surface area contributed by atoms with Gasteiger partial charge in [0.25, 0.3) is 0 Å². The number of amides is 1. The summed E-state index contributed by atoms with van der Waals surface area (Å²) in [5.41, 5.74) is 6.13. The van der Waals surface area contributed by atoms with Gasteiger partial charge in [0.15, 0.2) is 0 Å². The van der Waals surface area contributed by atoms with Gasteiger partial charge in [0, 0.05) is 38.5 Å². The second-order valence-electron chi connectivity index (χ2n) is 6.22. The fourth-order valence-corrected chi connectivity index (χ4v) is 3.51. The van der Waals surface area contributed by atoms with E-state index in [1.54, 1.807) is 6.20 Å². The lowest BCUT2D eigenvalue weighted by molar-refractivity contribution is -0.124. The van der Waals surface area contributed by atoms with Crippen LogP contribution < -0.4 is 16.0 Å². The number of halogens is 1. The molecule has 0 aromatic carbocycles. The van der Waals surface area contributed by atoms with Gasteiger partial charge >= 0.3 is 0 Å². The molecule has 0 bridgehead atoms. The molecule has 2 saturated heterocycles. The molecule has 23 heavy (non-hydrogen) atoms. The van der Waals surface area contributed by atoms with Crippen molar-refractivity contribution in [2.45, 2.75) is 31.3 Å². The number of aromatic nitrogens is 1. The summed E-state index contributed by atoms with van der Waals surface area (Å²) in [6.07, 6.45) is 4.32. The predicted octanol–water partition coefficient (Wildman–Crippen LogP) is 1.18. The number of anilines is 1. The van der Waals surface area contributed by atoms with Gasteiger partial charge in [-0.05, 0) is 37.3 Å². The van der Waals surface area contributed by atoms with Crippen molar-refractivity contribution in [3.63, 3.8) is 0 Å². The minimum atomic E-state index is -0.452. The van der Waals surface area contributed by atoms with Gasteiger partial charge in [-0.25, -0.2) is 4.98 Å². The topological polar surface area (TPSA) is 80.5 Å². The smallest absolute Gasteiger partial charge is 0.237 e. The van der Waals surface area contributed by atoms with Crippen LogP contribution in [0.2, 0.25) is 5.02 Å². The minimum Gasteiger partial charge on any atom is -0.381 e. The zero-order valence-electron chi connectivity index (χ0n) is 13.1. The molecule has 7 heteroatoms. The van der Waals surface area contributed by atoms with E-state index < -0.39 is 6.04 Å². The van der Waals surface area contributed by atoms with Crippen LogP contribution in [-0.2, 0) is 9.53 Å². The number of carbonyl (C=O) groups excluding carboxylic acids is 1. The number of rotatable bonds is 4. The number of hydrogen-bond acceptors (Lipinski definition) is 5. The molecule has 2 unspecified atom stereocenters. The highest BCUT2D eigenvalue weighted by molar-refractivity contribution is 6.32. The van der Waals surface area contributed by atoms with Gasteiger partial charge in [-0.15, -0.1) is 0 Å². The first-order valence-electron chi connectivity index (χ1n) is 8.14. The Hall–Kier alpha value is -1.37. The SMILES string of the molecule is NC(C(=O)NC1CCN(c2ncccc2Cl)C1)C1CCOCC1. The van der Waals surface area contributed by atoms with Crippen molar-refractivity contribution in [2.75, 3.05) is 31.2 Å². The van der Waals surface area contributed by atoms with Gasteiger partial charge in [0.05, 0.1) is 11.1 Å². The van der Waals surface area contributed by atoms with Gasteiger partial charge in [-0.2, -0.15) is 0 Å². The standard InChI is InChI=1S/C16H23ClN4O2/c17-13-2-1-6-19-15(13)21-7-3-12(10-21)20-16(22)14(18)11-4-8-23-9-5-11/h1-2,6,11-12,14H,3-5,7-10,18H2,(H,20,22). The number of nitrogens with one attached hydrogen (secondary N) is 1. The summed E-state index contributed by atoms with van der Waals surface area (Å²) >= 11 is 6.19. The summed E-state index contributed by atoms with van der Waals surface area (Å²) in [4.78, 5) is 18.8. The van der Waals surface area contributed by atoms with E-state index >= 15 is 0 Å². The predicted molar refractivity (Wildman–Crippen MR) is 89.5 cm³/mol. The molecule has 3 heterocycles. The Labute approximate surface area is 141 Å². The Bertz CT molecular complexity index is 551. The van der Waals surface area contributed by atoms with Crippen LogP contribution >= 0.6 is 11.6 Å². The van der Waals surface area contributed by atoms with Crippen molar-refractivity contribution in [3.05, 3.63) is 23.4 Å². The molecule has 6 nitrogen and oxygen atoms in total. The first kappa shape index (κ1) is 16.5. The molecule has 1 amide bonds. The third kappa shape index (κ3) is 3.94. The van der Waals surface area contributed by atoms with Gasteiger partial charge < -0.3 is 20.7 Å². The molecular formula is C16H23ClN4O2. The number of hydrogen-bond donors (Lipinski definition) is 2. The third-order valence-electron chi connectivity index (χ3n) is 4.65. The summed E-state index contributed by atoms with van der Waals surface area (Å²) in [7, 11) is 0. The van der Waals surface area contributed by atoms with Crippen LogP contribution in [0.1, 0.15) is 19.3 Å². The summed E-state index contributed by atoms with van der Waals surface area (Å²) < 4.78 is 5.32. The first-order chi connectivity index (χ1) is 11.1. The van der Waals surface area contributed by atoms with E-state index in [-0.39, 0.29) is 17.9 Å². The fourth-order valence-electron chi connectivity index (χ4n) is 3.27. The van der Waals surface area contributed by atoms with Crippen LogP contribution in [0.5, 0.6) is 0 Å². The minimum absolute atomic E-state index is 0.0594. The van der Waals surface area contributed by atoms with Crippen molar-refractivity contribution >= 4 is 23.3 Å². The van der Waals surface area contributed by atoms with E-state index in [1.807, 2.05) is 12.1 Å². The average molecular weight is 339 g/mol. The van der Waals surface area contributed by atoms with Crippen LogP contribution in [0, 0.1) is 5.92 Å². The summed E-state index contributed by atoms with van der Waals surface area (Å²) in [5.74, 6) is 0.932. The Balaban J connectivity index is 1.53. The molecule has 0 radical (unpaired) electrons. The van der Waals surface area contributed by atoms with Crippen LogP contribution in [0.15, 0.2) is 18.3 Å². The Morgan fingerprint density at radius 1 is 1.43 bits per heavy atom. The van der Waals surface area contributed by atoms with E-state index in [9.17, 15) is 4.79 Å². The van der Waals surface area contributed by atoms with Gasteiger partial charge in [-0.3, -0.25) is 4.79 Å². The van der Waals surface area contributed by atoms with Crippen LogP contribution in [0.4, 0.5) is 5.82 Å². The summed E-state index contributed by atoms with van der Waals surface area (Å²) in [5, 5.41) is 3.72. The van der Waals surface area contributed by atoms with Gasteiger partial charge in [0.2, 0.25) is 5.91 Å². The van der Waals surface area contributed by atoms with Crippen LogP contribution in [0.3, 0.4) is 0 Å². The van der Waals surface area contributed by atoms with Crippen LogP contribution in [-0.4, -0.2) is 49.3 Å². The molecule has 3 rings (SSSR count). The van der Waals surface area contributed by atoms with E-state index in [0.29, 0.717) is 24.8 Å². The highest BCUT2D eigenvalue weighted by atomic mass is 35.5. The maximum absolute atomic E-state index is 12.4. The lowest BCUT2D eigenvalue weighted by atomic mass is 9.91. The molecule has 0 spiro atoms. The van der Waals surface area contributed by atoms with Crippen molar-refractivity contribution in [1.82, 2.24) is 10.3 Å². The van der Waals surface area contributed by atoms with Gasteiger partial charge in [0.1, 0.15) is 5.82 Å². The molecule has 2 fully saturated rings. The van der Waals surface area contributed by atoms with Crippen molar-refractivity contribution in [2.24, 2.45) is 11.7 Å². The van der Waals surface area contributed by atoms with E-state index in [2.05, 4.69) is 15.2 Å². The van der Waals surface area contributed by atoms with Crippen LogP contribution in [0.25, 0.3) is 0 Å². The van der Waals surface area contributed by atoms with E-state index in [1.165, 1.54) is 0 Å². The molecule has 0 aliphatic carbocycles. The maximum Gasteiger partial charge on any atom is 0.237 e. The van der Waals surface area contributed by atoms with E-state index in [0.717, 1.165) is 31.6 Å². The largest absolute Gasteiger partial charge is 0.381 e. The third-order valence-corrected chi connectivity index (χ3v) is 4.94. The second-order valence-corrected chi connectivity index (χ2v) is 6.63. The zero-order chi connectivity index (χ0) is 16.2. The summed E-state index contributed by atoms with van der Waals surface area (Å²) in [6.45, 7) is 2.93. The molecule has 1 aromatic rings. The number of pyridine rings is 1. The Morgan fingerprint density at radius 2 is 2.22 bits per heavy atom. The number of ether oxygens (including phenoxy) is 1. The fraction of sp³-hybridized carbons (Fsp3) is 0.625. The second kappa shape index (κ2) is 7.47. The lowest BCUT2D eigenvalue weighted by Gasteiger charge is -2.27. The highest BCUT2D eigenvalue weighted by Crippen LogP contribution is 2.26. The molecule has 2 atom stereocenters. The molecule has 2 aliphatic rings. The normalized spacial score (nSPS) is 23.7. The Morgan fingerprint density at radius 3 is 2.96 bits per heavy atom. The monoisotopic (exact) mass is 338 g/mol. The maximum atomic E-state index is 12.4. The van der Waals surface area contributed by atoms with E-state index in [4.69, 9.17) is 22.1 Å². The highest BCUT2D eigenvalue weighted by Gasteiger charge is 2.31. The van der Waals surface area contributed by atoms with Gasteiger partial charge in [-0.1, -0.05) is 11.6 Å². The summed E-state index contributed by atoms with van der Waals surface area (Å²) in [6, 6.07) is 3.28. The number of carbonyl (C=O) groups is 1. The van der Waals surface area contributed by atoms with Crippen molar-refractivity contribution in [1.29, 1.82) is 0 Å². The molecular weight excluding hydrogens is 316 g/mol. The Kier molecular flexibility index (Phi) is 5.35. The van der Waals surface area contributed by atoms with Crippen molar-refractivity contribution in [3.8, 4) is 0 Å². The molecule has 3 N–H and O–H groups in total. The first-order valence-corrected chi connectivity index (χ1v) is 8.52. The number of nitrogens with two attached hydrogens (primary N) is 1. The zero-order valence-corrected chi connectivity index (χ0v) is 13.8. The quantitative estimate of drug-likeness (QED) is 0.861. The number of nitrogens with zero attached hydrogens (tertiary/aromatic N) is 2. The average Bonchev–Trinajstić information content (AvgIpc) is 3.03. The lowest BCUT2D eigenvalue weighted by Crippen LogP contribution is -2.50. The molecule has 1 aromatic heterocycles. The van der Waals surface area contributed by atoms with Crippen molar-refractivity contribution < 1.29 is 9.53 Å².